The first-order valence-corrected chi connectivity index (χ1v) is 10.3. The van der Waals surface area contributed by atoms with Gasteiger partial charge in [-0.05, 0) is 66.1 Å². The van der Waals surface area contributed by atoms with Gasteiger partial charge in [0.1, 0.15) is 5.75 Å². The average molecular weight is 441 g/mol. The maximum atomic E-state index is 12.9. The molecule has 0 saturated heterocycles. The number of aromatic nitrogens is 5. The zero-order valence-corrected chi connectivity index (χ0v) is 18.4. The molecule has 0 atom stereocenters. The highest BCUT2D eigenvalue weighted by Crippen LogP contribution is 2.18. The van der Waals surface area contributed by atoms with E-state index in [9.17, 15) is 4.79 Å². The average Bonchev–Trinajstić information content (AvgIpc) is 3.40. The number of hydrogen-bond acceptors (Lipinski definition) is 10. The Morgan fingerprint density at radius 2 is 1.97 bits per heavy atom. The SMILES string of the molecule is CCCN(CCC)Cc1c(C(=O)NN=Cc2ccc(OC)cc2)nnn1-c1nonc1N. The van der Waals surface area contributed by atoms with Crippen LogP contribution in [0, 0.1) is 0 Å². The molecule has 2 heterocycles. The summed E-state index contributed by atoms with van der Waals surface area (Å²) in [6, 6.07) is 7.26. The van der Waals surface area contributed by atoms with Gasteiger partial charge in [-0.25, -0.2) is 10.1 Å². The monoisotopic (exact) mass is 441 g/mol. The number of hydrazone groups is 1. The number of carbonyl (C=O) groups excluding carboxylic acids is 1. The molecule has 0 aliphatic rings. The summed E-state index contributed by atoms with van der Waals surface area (Å²) in [5, 5.41) is 19.5. The van der Waals surface area contributed by atoms with Gasteiger partial charge in [0.2, 0.25) is 11.6 Å². The fraction of sp³-hybridized carbons (Fsp3) is 0.400. The predicted octanol–water partition coefficient (Wildman–Crippen LogP) is 1.63. The first-order valence-electron chi connectivity index (χ1n) is 10.3. The van der Waals surface area contributed by atoms with Crippen molar-refractivity contribution in [1.82, 2.24) is 35.6 Å². The van der Waals surface area contributed by atoms with Crippen LogP contribution in [0.5, 0.6) is 5.75 Å². The lowest BCUT2D eigenvalue weighted by Crippen LogP contribution is -2.28. The smallest absolute Gasteiger partial charge is 0.293 e. The van der Waals surface area contributed by atoms with Crippen molar-refractivity contribution < 1.29 is 14.2 Å². The van der Waals surface area contributed by atoms with Crippen LogP contribution >= 0.6 is 0 Å². The van der Waals surface area contributed by atoms with Crippen LogP contribution in [-0.4, -0.2) is 62.5 Å². The maximum Gasteiger partial charge on any atom is 0.293 e. The summed E-state index contributed by atoms with van der Waals surface area (Å²) in [5.74, 6) is 0.469. The lowest BCUT2D eigenvalue weighted by molar-refractivity contribution is 0.0947. The summed E-state index contributed by atoms with van der Waals surface area (Å²) in [6.07, 6.45) is 3.45. The number of nitrogens with two attached hydrogens (primary N) is 1. The molecule has 1 aromatic carbocycles. The fourth-order valence-electron chi connectivity index (χ4n) is 3.15. The quantitative estimate of drug-likeness (QED) is 0.334. The lowest BCUT2D eigenvalue weighted by atomic mass is 10.2. The third kappa shape index (κ3) is 5.46. The molecule has 0 fully saturated rings. The van der Waals surface area contributed by atoms with Gasteiger partial charge in [0, 0.05) is 6.54 Å². The van der Waals surface area contributed by atoms with Crippen LogP contribution in [-0.2, 0) is 6.54 Å². The maximum absolute atomic E-state index is 12.9. The van der Waals surface area contributed by atoms with Gasteiger partial charge in [-0.3, -0.25) is 9.69 Å². The second-order valence-corrected chi connectivity index (χ2v) is 7.02. The molecule has 2 aromatic heterocycles. The van der Waals surface area contributed by atoms with Gasteiger partial charge in [-0.15, -0.1) is 5.10 Å². The van der Waals surface area contributed by atoms with Crippen LogP contribution in [0.3, 0.4) is 0 Å². The minimum absolute atomic E-state index is 0.0539. The molecule has 0 radical (unpaired) electrons. The van der Waals surface area contributed by atoms with E-state index in [1.54, 1.807) is 19.2 Å². The number of benzene rings is 1. The van der Waals surface area contributed by atoms with Crippen molar-refractivity contribution in [1.29, 1.82) is 0 Å². The molecule has 0 saturated carbocycles. The Morgan fingerprint density at radius 1 is 1.25 bits per heavy atom. The zero-order valence-electron chi connectivity index (χ0n) is 18.4. The van der Waals surface area contributed by atoms with Gasteiger partial charge in [-0.2, -0.15) is 9.78 Å². The van der Waals surface area contributed by atoms with E-state index in [0.29, 0.717) is 12.2 Å². The van der Waals surface area contributed by atoms with Crippen LogP contribution in [0.1, 0.15) is 48.4 Å². The number of amides is 1. The van der Waals surface area contributed by atoms with Crippen LogP contribution < -0.4 is 15.9 Å². The molecule has 170 valence electrons. The molecule has 12 heteroatoms. The van der Waals surface area contributed by atoms with Gasteiger partial charge < -0.3 is 10.5 Å². The Labute approximate surface area is 185 Å². The van der Waals surface area contributed by atoms with E-state index in [1.165, 1.54) is 10.9 Å². The van der Waals surface area contributed by atoms with Crippen LogP contribution in [0.15, 0.2) is 34.0 Å². The second-order valence-electron chi connectivity index (χ2n) is 7.02. The molecular formula is C20H27N9O3. The number of rotatable bonds is 11. The highest BCUT2D eigenvalue weighted by Gasteiger charge is 2.25. The number of ether oxygens (including phenoxy) is 1. The van der Waals surface area contributed by atoms with Gasteiger partial charge >= 0.3 is 0 Å². The molecule has 0 unspecified atom stereocenters. The van der Waals surface area contributed by atoms with E-state index >= 15 is 0 Å². The van der Waals surface area contributed by atoms with Crippen molar-refractivity contribution in [3.8, 4) is 11.6 Å². The first-order chi connectivity index (χ1) is 15.6. The van der Waals surface area contributed by atoms with E-state index in [2.05, 4.69) is 49.9 Å². The van der Waals surface area contributed by atoms with Crippen molar-refractivity contribution in [2.75, 3.05) is 25.9 Å². The number of methoxy groups -OCH3 is 1. The Bertz CT molecular complexity index is 1040. The number of anilines is 1. The van der Waals surface area contributed by atoms with Crippen LogP contribution in [0.2, 0.25) is 0 Å². The Hall–Kier alpha value is -3.80. The normalized spacial score (nSPS) is 11.4. The van der Waals surface area contributed by atoms with E-state index in [0.717, 1.165) is 37.2 Å². The third-order valence-electron chi connectivity index (χ3n) is 4.62. The molecule has 32 heavy (non-hydrogen) atoms. The Kier molecular flexibility index (Phi) is 7.86. The van der Waals surface area contributed by atoms with Crippen LogP contribution in [0.25, 0.3) is 5.82 Å². The molecule has 0 spiro atoms. The van der Waals surface area contributed by atoms with Crippen molar-refractivity contribution in [2.24, 2.45) is 5.10 Å². The number of carbonyl (C=O) groups is 1. The molecule has 3 rings (SSSR count). The number of hydrogen-bond donors (Lipinski definition) is 2. The topological polar surface area (TPSA) is 150 Å². The largest absolute Gasteiger partial charge is 0.497 e. The van der Waals surface area contributed by atoms with Crippen LogP contribution in [0.4, 0.5) is 5.82 Å². The summed E-state index contributed by atoms with van der Waals surface area (Å²) in [4.78, 5) is 15.1. The lowest BCUT2D eigenvalue weighted by Gasteiger charge is -2.21. The van der Waals surface area contributed by atoms with E-state index in [4.69, 9.17) is 15.1 Å². The van der Waals surface area contributed by atoms with Crippen molar-refractivity contribution >= 4 is 17.9 Å². The number of nitrogen functional groups attached to an aromatic ring is 1. The molecule has 3 aromatic rings. The molecule has 0 aliphatic carbocycles. The molecule has 1 amide bonds. The Morgan fingerprint density at radius 3 is 2.56 bits per heavy atom. The van der Waals surface area contributed by atoms with Crippen molar-refractivity contribution in [3.05, 3.63) is 41.2 Å². The Balaban J connectivity index is 1.83. The van der Waals surface area contributed by atoms with Gasteiger partial charge in [0.25, 0.3) is 5.91 Å². The molecule has 0 aliphatic heterocycles. The summed E-state index contributed by atoms with van der Waals surface area (Å²) < 4.78 is 11.2. The van der Waals surface area contributed by atoms with Gasteiger partial charge in [0.05, 0.1) is 19.0 Å². The van der Waals surface area contributed by atoms with Gasteiger partial charge in [0.15, 0.2) is 5.69 Å². The number of nitrogens with zero attached hydrogens (tertiary/aromatic N) is 7. The van der Waals surface area contributed by atoms with Gasteiger partial charge in [-0.1, -0.05) is 19.1 Å². The number of nitrogens with one attached hydrogen (secondary N) is 1. The van der Waals surface area contributed by atoms with E-state index < -0.39 is 5.91 Å². The summed E-state index contributed by atoms with van der Waals surface area (Å²) in [7, 11) is 1.60. The molecular weight excluding hydrogens is 414 g/mol. The predicted molar refractivity (Wildman–Crippen MR) is 118 cm³/mol. The van der Waals surface area contributed by atoms with E-state index in [-0.39, 0.29) is 17.3 Å². The minimum Gasteiger partial charge on any atom is -0.497 e. The zero-order chi connectivity index (χ0) is 22.9. The molecule has 0 bridgehead atoms. The van der Waals surface area contributed by atoms with Crippen molar-refractivity contribution in [3.63, 3.8) is 0 Å². The summed E-state index contributed by atoms with van der Waals surface area (Å²) in [6.45, 7) is 6.31. The molecule has 12 nitrogen and oxygen atoms in total. The van der Waals surface area contributed by atoms with Crippen molar-refractivity contribution in [2.45, 2.75) is 33.2 Å². The standard InChI is InChI=1S/C20H27N9O3/c1-4-10-28(11-5-2)13-16-17(23-27-29(16)19-18(21)25-32-26-19)20(30)24-22-12-14-6-8-15(31-3)9-7-14/h6-9,12H,4-5,10-11,13H2,1-3H3,(H2,21,25)(H,24,30). The minimum atomic E-state index is -0.501. The summed E-state index contributed by atoms with van der Waals surface area (Å²) in [5.41, 5.74) is 9.78. The highest BCUT2D eigenvalue weighted by atomic mass is 16.6. The molecule has 3 N–H and O–H groups in total. The van der Waals surface area contributed by atoms with E-state index in [1.807, 2.05) is 12.1 Å². The third-order valence-corrected chi connectivity index (χ3v) is 4.62. The summed E-state index contributed by atoms with van der Waals surface area (Å²) >= 11 is 0. The highest BCUT2D eigenvalue weighted by molar-refractivity contribution is 5.94. The first kappa shape index (κ1) is 22.9. The second kappa shape index (κ2) is 11.0. The fourth-order valence-corrected chi connectivity index (χ4v) is 3.15.